The monoisotopic (exact) mass is 1470 g/mol. The fraction of sp³-hybridized carbons (Fsp3) is 0.639. The van der Waals surface area contributed by atoms with Crippen LogP contribution in [0.1, 0.15) is 285 Å². The van der Waals surface area contributed by atoms with Crippen molar-refractivity contribution >= 4 is 39.5 Å². The van der Waals surface area contributed by atoms with Gasteiger partial charge in [-0.05, 0) is 135 Å². The van der Waals surface area contributed by atoms with E-state index >= 15 is 0 Å². The topological polar surface area (TPSA) is 237 Å². The predicted molar refractivity (Wildman–Crippen MR) is 417 cm³/mol. The van der Waals surface area contributed by atoms with Gasteiger partial charge in [0.25, 0.3) is 0 Å². The van der Waals surface area contributed by atoms with Crippen molar-refractivity contribution in [2.75, 3.05) is 39.6 Å². The third kappa shape index (κ3) is 73.0. The number of carbonyl (C=O) groups is 4. The second-order valence-electron chi connectivity index (χ2n) is 25.2. The van der Waals surface area contributed by atoms with Crippen LogP contribution in [0.5, 0.6) is 0 Å². The first-order chi connectivity index (χ1) is 49.7. The number of aliphatic hydroxyl groups excluding tert-OH is 1. The molecule has 0 saturated carbocycles. The fourth-order valence-corrected chi connectivity index (χ4v) is 11.3. The lowest BCUT2D eigenvalue weighted by Crippen LogP contribution is -2.30. The molecule has 0 spiro atoms. The highest BCUT2D eigenvalue weighted by Crippen LogP contribution is 2.45. The van der Waals surface area contributed by atoms with Crippen LogP contribution in [0, 0.1) is 0 Å². The largest absolute Gasteiger partial charge is 0.472 e. The number of phosphoric ester groups is 2. The van der Waals surface area contributed by atoms with Gasteiger partial charge in [-0.25, -0.2) is 9.13 Å². The van der Waals surface area contributed by atoms with Crippen LogP contribution in [0.15, 0.2) is 158 Å². The maximum Gasteiger partial charge on any atom is 0.472 e. The molecule has 0 fully saturated rings. The number of aliphatic hydroxyl groups is 1. The van der Waals surface area contributed by atoms with Crippen molar-refractivity contribution in [2.45, 2.75) is 303 Å². The molecule has 0 amide bonds. The number of hydrogen-bond donors (Lipinski definition) is 3. The average Bonchev–Trinajstić information content (AvgIpc) is 0.994. The molecule has 0 rings (SSSR count). The Kier molecular flexibility index (Phi) is 70.1. The van der Waals surface area contributed by atoms with Crippen molar-refractivity contribution in [3.63, 3.8) is 0 Å². The number of esters is 4. The highest BCUT2D eigenvalue weighted by molar-refractivity contribution is 7.47. The Morgan fingerprint density at radius 2 is 0.520 bits per heavy atom. The first-order valence-electron chi connectivity index (χ1n) is 38.7. The van der Waals surface area contributed by atoms with Gasteiger partial charge in [-0.15, -0.1) is 0 Å². The van der Waals surface area contributed by atoms with Gasteiger partial charge in [-0.3, -0.25) is 37.3 Å². The molecule has 102 heavy (non-hydrogen) atoms. The molecule has 5 atom stereocenters. The van der Waals surface area contributed by atoms with Crippen molar-refractivity contribution in [3.05, 3.63) is 158 Å². The third-order valence-electron chi connectivity index (χ3n) is 15.5. The molecule has 0 aliphatic heterocycles. The normalized spacial score (nSPS) is 14.8. The molecule has 0 aliphatic carbocycles. The highest BCUT2D eigenvalue weighted by atomic mass is 31.2. The van der Waals surface area contributed by atoms with Crippen molar-refractivity contribution in [3.8, 4) is 0 Å². The molecule has 0 radical (unpaired) electrons. The molecule has 3 N–H and O–H groups in total. The Hall–Kier alpha value is -5.32. The zero-order valence-electron chi connectivity index (χ0n) is 63.2. The summed E-state index contributed by atoms with van der Waals surface area (Å²) in [5.74, 6) is -2.33. The van der Waals surface area contributed by atoms with Gasteiger partial charge in [0.15, 0.2) is 12.2 Å². The summed E-state index contributed by atoms with van der Waals surface area (Å²) in [7, 11) is -10.00. The van der Waals surface area contributed by atoms with Crippen molar-refractivity contribution in [1.29, 1.82) is 0 Å². The van der Waals surface area contributed by atoms with Gasteiger partial charge in [-0.2, -0.15) is 0 Å². The van der Waals surface area contributed by atoms with Crippen LogP contribution in [0.2, 0.25) is 0 Å². The minimum Gasteiger partial charge on any atom is -0.462 e. The van der Waals surface area contributed by atoms with Gasteiger partial charge in [0.05, 0.1) is 26.4 Å². The SMILES string of the molecule is CC/C=C\C/C=C\C/C=C\C/C=C\C/C=C\CCCC(=O)OCC(COP(=O)(O)OCC(O)COP(=O)(O)OCC(COC(=O)CCCCCCCCC/C=C\C/C=C\C/C=C\CC)OC(=O)CCCCCCCCCCCCC)OC(=O)CCC/C=C\C/C=C\C/C=C\C/C=C\C/C=C\CC. The van der Waals surface area contributed by atoms with E-state index in [9.17, 15) is 43.2 Å². The summed E-state index contributed by atoms with van der Waals surface area (Å²) in [4.78, 5) is 72.9. The highest BCUT2D eigenvalue weighted by Gasteiger charge is 2.30. The predicted octanol–water partition coefficient (Wildman–Crippen LogP) is 22.4. The molecule has 19 heteroatoms. The lowest BCUT2D eigenvalue weighted by Gasteiger charge is -2.21. The van der Waals surface area contributed by atoms with E-state index in [0.29, 0.717) is 38.5 Å². The summed E-state index contributed by atoms with van der Waals surface area (Å²) in [6.07, 6.45) is 85.4. The average molecular weight is 1470 g/mol. The van der Waals surface area contributed by atoms with E-state index in [1.165, 1.54) is 38.5 Å². The molecule has 580 valence electrons. The smallest absolute Gasteiger partial charge is 0.462 e. The van der Waals surface area contributed by atoms with Gasteiger partial charge in [0.2, 0.25) is 0 Å². The maximum atomic E-state index is 13.1. The fourth-order valence-electron chi connectivity index (χ4n) is 9.72. The molecule has 0 aromatic carbocycles. The van der Waals surface area contributed by atoms with Crippen LogP contribution >= 0.6 is 15.6 Å². The molecular formula is C83H136O17P2. The van der Waals surface area contributed by atoms with E-state index in [-0.39, 0.29) is 25.7 Å². The van der Waals surface area contributed by atoms with E-state index in [2.05, 4.69) is 161 Å². The Labute approximate surface area is 617 Å². The first-order valence-corrected chi connectivity index (χ1v) is 41.7. The van der Waals surface area contributed by atoms with Gasteiger partial charge in [0.1, 0.15) is 19.3 Å². The van der Waals surface area contributed by atoms with E-state index in [4.69, 9.17) is 37.0 Å². The number of ether oxygens (including phenoxy) is 4. The van der Waals surface area contributed by atoms with Crippen molar-refractivity contribution < 1.29 is 80.2 Å². The molecular weight excluding hydrogens is 1330 g/mol. The zero-order valence-corrected chi connectivity index (χ0v) is 65.0. The van der Waals surface area contributed by atoms with E-state index < -0.39 is 97.5 Å². The zero-order chi connectivity index (χ0) is 74.6. The minimum atomic E-state index is -5.01. The number of hydrogen-bond acceptors (Lipinski definition) is 15. The Morgan fingerprint density at radius 1 is 0.284 bits per heavy atom. The van der Waals surface area contributed by atoms with Crippen molar-refractivity contribution in [2.24, 2.45) is 0 Å². The summed E-state index contributed by atoms with van der Waals surface area (Å²) in [6.45, 7) is 4.37. The van der Waals surface area contributed by atoms with Crippen LogP contribution in [0.3, 0.4) is 0 Å². The second kappa shape index (κ2) is 74.0. The number of unbranched alkanes of at least 4 members (excludes halogenated alkanes) is 19. The molecule has 0 aliphatic rings. The first kappa shape index (κ1) is 96.7. The lowest BCUT2D eigenvalue weighted by molar-refractivity contribution is -0.161. The van der Waals surface area contributed by atoms with Crippen LogP contribution in [0.4, 0.5) is 0 Å². The van der Waals surface area contributed by atoms with Gasteiger partial charge >= 0.3 is 39.5 Å². The van der Waals surface area contributed by atoms with E-state index in [0.717, 1.165) is 154 Å². The number of allylic oxidation sites excluding steroid dienone is 26. The van der Waals surface area contributed by atoms with Crippen molar-refractivity contribution in [1.82, 2.24) is 0 Å². The number of rotatable bonds is 71. The summed E-state index contributed by atoms with van der Waals surface area (Å²) < 4.78 is 68.4. The Balaban J connectivity index is 5.45. The summed E-state index contributed by atoms with van der Waals surface area (Å²) in [5, 5.41) is 10.6. The quantitative estimate of drug-likeness (QED) is 0.0169. The molecule has 0 heterocycles. The Morgan fingerprint density at radius 3 is 0.833 bits per heavy atom. The minimum absolute atomic E-state index is 0.000615. The van der Waals surface area contributed by atoms with Crippen LogP contribution < -0.4 is 0 Å². The maximum absolute atomic E-state index is 13.1. The standard InChI is InChI=1S/C83H136O17P2/c1-5-9-13-17-21-25-29-32-35-38-41-44-48-51-55-59-63-67-80(85)93-73-78(99-82(87)69-65-61-57-53-47-28-24-20-16-12-8-4)75-97-101(89,90)95-71-77(84)72-96-102(91,92)98-76-79(100-83(88)70-66-62-58-54-50-46-43-40-37-34-31-27-23-19-15-11-7-3)74-94-81(86)68-64-60-56-52-49-45-42-39-36-33-30-26-22-18-14-10-6-2/h9-11,13-15,21-23,25-27,32-37,42-43,45-46,52,54,56,58,77-79,84H,5-8,12,16-20,24,28-31,38-41,44,47-51,53,55,57,59-76H2,1-4H3,(H,89,90)(H,91,92)/b13-9-,14-10-,15-11-,25-21-,26-22-,27-23-,35-32-,36-33-,37-34-,45-42-,46-43-,56-52-,58-54-. The molecule has 0 aromatic heterocycles. The third-order valence-corrected chi connectivity index (χ3v) is 17.4. The second-order valence-corrected chi connectivity index (χ2v) is 28.1. The lowest BCUT2D eigenvalue weighted by atomic mass is 10.1. The van der Waals surface area contributed by atoms with E-state index in [1.807, 2.05) is 24.3 Å². The van der Waals surface area contributed by atoms with Crippen LogP contribution in [-0.2, 0) is 65.4 Å². The van der Waals surface area contributed by atoms with Crippen LogP contribution in [-0.4, -0.2) is 96.7 Å². The van der Waals surface area contributed by atoms with Gasteiger partial charge < -0.3 is 33.8 Å². The molecule has 0 bridgehead atoms. The van der Waals surface area contributed by atoms with E-state index in [1.54, 1.807) is 0 Å². The van der Waals surface area contributed by atoms with Gasteiger partial charge in [-0.1, -0.05) is 282 Å². The van der Waals surface area contributed by atoms with Crippen LogP contribution in [0.25, 0.3) is 0 Å². The molecule has 0 aromatic rings. The number of carbonyl (C=O) groups excluding carboxylic acids is 4. The summed E-state index contributed by atoms with van der Waals surface area (Å²) in [6, 6.07) is 0. The summed E-state index contributed by atoms with van der Waals surface area (Å²) >= 11 is 0. The number of phosphoric acid groups is 2. The van der Waals surface area contributed by atoms with Gasteiger partial charge in [0, 0.05) is 25.7 Å². The molecule has 5 unspecified atom stereocenters. The molecule has 17 nitrogen and oxygen atoms in total. The summed E-state index contributed by atoms with van der Waals surface area (Å²) in [5.41, 5.74) is 0. The Bertz CT molecular complexity index is 2550. The molecule has 0 saturated heterocycles.